The fraction of sp³-hybridized carbons (Fsp3) is 0.833. The molecule has 8 nitrogen and oxygen atoms in total. The fourth-order valence-corrected chi connectivity index (χ4v) is 3.88. The van der Waals surface area contributed by atoms with E-state index in [-0.39, 0.29) is 30.1 Å². The van der Waals surface area contributed by atoms with Crippen molar-refractivity contribution in [3.05, 3.63) is 11.7 Å². The maximum Gasteiger partial charge on any atom is 0.246 e. The lowest BCUT2D eigenvalue weighted by atomic mass is 10.2. The largest absolute Gasteiger partial charge is 0.371 e. The van der Waals surface area contributed by atoms with Crippen molar-refractivity contribution in [1.29, 1.82) is 0 Å². The second-order valence-corrected chi connectivity index (χ2v) is 7.13. The van der Waals surface area contributed by atoms with Gasteiger partial charge in [-0.15, -0.1) is 24.0 Å². The number of hydrogen-bond acceptors (Lipinski definition) is 6. The van der Waals surface area contributed by atoms with Crippen molar-refractivity contribution in [2.24, 2.45) is 4.99 Å². The summed E-state index contributed by atoms with van der Waals surface area (Å²) in [5.41, 5.74) is 0. The van der Waals surface area contributed by atoms with E-state index in [1.807, 2.05) is 13.8 Å². The molecule has 1 aromatic rings. The molecule has 2 atom stereocenters. The summed E-state index contributed by atoms with van der Waals surface area (Å²) >= 11 is 0. The van der Waals surface area contributed by atoms with Crippen molar-refractivity contribution in [1.82, 2.24) is 25.7 Å². The van der Waals surface area contributed by atoms with E-state index >= 15 is 0 Å². The summed E-state index contributed by atoms with van der Waals surface area (Å²) in [5.74, 6) is 1.89. The highest BCUT2D eigenvalue weighted by molar-refractivity contribution is 14.0. The van der Waals surface area contributed by atoms with Crippen LogP contribution in [0, 0.1) is 0 Å². The molecule has 1 aliphatic carbocycles. The van der Waals surface area contributed by atoms with Crippen molar-refractivity contribution in [3.63, 3.8) is 0 Å². The van der Waals surface area contributed by atoms with Gasteiger partial charge in [-0.25, -0.2) is 0 Å². The highest BCUT2D eigenvalue weighted by Gasteiger charge is 2.30. The average molecular weight is 492 g/mol. The van der Waals surface area contributed by atoms with Crippen molar-refractivity contribution in [3.8, 4) is 0 Å². The van der Waals surface area contributed by atoms with Gasteiger partial charge in [-0.3, -0.25) is 9.89 Å². The number of nitrogens with one attached hydrogen (secondary N) is 2. The van der Waals surface area contributed by atoms with Gasteiger partial charge in [0.25, 0.3) is 0 Å². The van der Waals surface area contributed by atoms with E-state index in [0.717, 1.165) is 25.0 Å². The number of aromatic nitrogens is 2. The Labute approximate surface area is 178 Å². The minimum absolute atomic E-state index is 0. The van der Waals surface area contributed by atoms with Gasteiger partial charge in [0.05, 0.1) is 6.54 Å². The summed E-state index contributed by atoms with van der Waals surface area (Å²) in [5, 5.41) is 10.8. The molecule has 0 bridgehead atoms. The van der Waals surface area contributed by atoms with Crippen LogP contribution >= 0.6 is 24.0 Å². The van der Waals surface area contributed by atoms with Crippen LogP contribution in [-0.2, 0) is 11.3 Å². The van der Waals surface area contributed by atoms with Gasteiger partial charge in [0, 0.05) is 38.8 Å². The molecule has 1 saturated heterocycles. The molecule has 154 valence electrons. The Kier molecular flexibility index (Phi) is 9.24. The minimum atomic E-state index is -0.157. The zero-order chi connectivity index (χ0) is 18.4. The molecule has 1 aliphatic heterocycles. The third-order valence-corrected chi connectivity index (χ3v) is 5.30. The Balaban J connectivity index is 0.00000261. The molecule has 2 unspecified atom stereocenters. The molecule has 2 aliphatic rings. The number of aliphatic imine (C=N–C) groups is 1. The first-order chi connectivity index (χ1) is 12.7. The van der Waals surface area contributed by atoms with Crippen LogP contribution in [0.2, 0.25) is 0 Å². The molecule has 1 saturated carbocycles. The summed E-state index contributed by atoms with van der Waals surface area (Å²) in [4.78, 5) is 11.3. The normalized spacial score (nSPS) is 22.6. The van der Waals surface area contributed by atoms with Crippen LogP contribution in [0.4, 0.5) is 0 Å². The van der Waals surface area contributed by atoms with Crippen LogP contribution in [0.3, 0.4) is 0 Å². The van der Waals surface area contributed by atoms with Crippen LogP contribution < -0.4 is 10.6 Å². The lowest BCUT2D eigenvalue weighted by Gasteiger charge is -2.24. The van der Waals surface area contributed by atoms with Gasteiger partial charge in [-0.05, 0) is 33.1 Å². The van der Waals surface area contributed by atoms with E-state index in [9.17, 15) is 0 Å². The van der Waals surface area contributed by atoms with Gasteiger partial charge in [0.15, 0.2) is 11.8 Å². The molecule has 1 aromatic heterocycles. The third-order valence-electron chi connectivity index (χ3n) is 5.30. The number of likely N-dealkylation sites (tertiary alicyclic amines) is 1. The van der Waals surface area contributed by atoms with Gasteiger partial charge < -0.3 is 19.9 Å². The summed E-state index contributed by atoms with van der Waals surface area (Å²) in [6.45, 7) is 7.22. The minimum Gasteiger partial charge on any atom is -0.371 e. The molecule has 0 amide bonds. The van der Waals surface area contributed by atoms with E-state index in [1.54, 1.807) is 7.05 Å². The van der Waals surface area contributed by atoms with Gasteiger partial charge in [0.1, 0.15) is 6.10 Å². The molecule has 0 spiro atoms. The molecule has 2 fully saturated rings. The van der Waals surface area contributed by atoms with Crippen LogP contribution in [0.25, 0.3) is 0 Å². The fourth-order valence-electron chi connectivity index (χ4n) is 3.88. The van der Waals surface area contributed by atoms with E-state index in [1.165, 1.54) is 32.2 Å². The van der Waals surface area contributed by atoms with Gasteiger partial charge >= 0.3 is 0 Å². The monoisotopic (exact) mass is 492 g/mol. The molecular weight excluding hydrogens is 459 g/mol. The van der Waals surface area contributed by atoms with Crippen molar-refractivity contribution in [2.45, 2.75) is 70.7 Å². The Hall–Kier alpha value is -0.940. The van der Waals surface area contributed by atoms with Crippen LogP contribution in [0.15, 0.2) is 9.52 Å². The van der Waals surface area contributed by atoms with Gasteiger partial charge in [-0.1, -0.05) is 18.0 Å². The maximum absolute atomic E-state index is 5.48. The zero-order valence-corrected chi connectivity index (χ0v) is 18.9. The molecule has 9 heteroatoms. The van der Waals surface area contributed by atoms with Crippen molar-refractivity contribution >= 4 is 29.9 Å². The zero-order valence-electron chi connectivity index (χ0n) is 16.6. The number of rotatable bonds is 7. The van der Waals surface area contributed by atoms with Crippen LogP contribution in [0.5, 0.6) is 0 Å². The first kappa shape index (κ1) is 22.4. The highest BCUT2D eigenvalue weighted by Crippen LogP contribution is 2.26. The second kappa shape index (κ2) is 11.2. The van der Waals surface area contributed by atoms with E-state index in [4.69, 9.17) is 9.26 Å². The Morgan fingerprint density at radius 3 is 2.85 bits per heavy atom. The number of hydrogen-bond donors (Lipinski definition) is 2. The molecular formula is C18H33IN6O2. The van der Waals surface area contributed by atoms with E-state index < -0.39 is 0 Å². The summed E-state index contributed by atoms with van der Waals surface area (Å²) in [6.07, 6.45) is 6.50. The smallest absolute Gasteiger partial charge is 0.246 e. The number of nitrogens with zero attached hydrogens (tertiary/aromatic N) is 4. The lowest BCUT2D eigenvalue weighted by Crippen LogP contribution is -2.45. The SMILES string of the molecule is CCOC(C)c1noc(CNC(=NC)NC2CCN(C3CCCC3)C2)n1.I. The van der Waals surface area contributed by atoms with Crippen molar-refractivity contribution < 1.29 is 9.26 Å². The van der Waals surface area contributed by atoms with Gasteiger partial charge in [0.2, 0.25) is 5.89 Å². The van der Waals surface area contributed by atoms with Crippen molar-refractivity contribution in [2.75, 3.05) is 26.7 Å². The molecule has 0 aromatic carbocycles. The molecule has 2 heterocycles. The molecule has 3 rings (SSSR count). The number of halogens is 1. The Bertz CT molecular complexity index is 590. The topological polar surface area (TPSA) is 87.8 Å². The standard InChI is InChI=1S/C18H32N6O2.HI/c1-4-25-13(2)17-22-16(26-23-17)11-20-18(19-3)21-14-9-10-24(12-14)15-7-5-6-8-15;/h13-15H,4-12H2,1-3H3,(H2,19,20,21);1H. The average Bonchev–Trinajstić information content (AvgIpc) is 3.39. The predicted molar refractivity (Wildman–Crippen MR) is 115 cm³/mol. The second-order valence-electron chi connectivity index (χ2n) is 7.13. The molecule has 27 heavy (non-hydrogen) atoms. The van der Waals surface area contributed by atoms with E-state index in [2.05, 4.69) is 30.7 Å². The van der Waals surface area contributed by atoms with Crippen LogP contribution in [0.1, 0.15) is 63.8 Å². The summed E-state index contributed by atoms with van der Waals surface area (Å²) in [6, 6.07) is 1.24. The number of ether oxygens (including phenoxy) is 1. The summed E-state index contributed by atoms with van der Waals surface area (Å²) < 4.78 is 10.8. The lowest BCUT2D eigenvalue weighted by molar-refractivity contribution is 0.0683. The Morgan fingerprint density at radius 1 is 1.37 bits per heavy atom. The number of guanidine groups is 1. The molecule has 0 radical (unpaired) electrons. The summed E-state index contributed by atoms with van der Waals surface area (Å²) in [7, 11) is 1.79. The predicted octanol–water partition coefficient (Wildman–Crippen LogP) is 2.47. The van der Waals surface area contributed by atoms with Crippen LogP contribution in [-0.4, -0.2) is 59.8 Å². The first-order valence-electron chi connectivity index (χ1n) is 9.85. The quantitative estimate of drug-likeness (QED) is 0.344. The molecule has 2 N–H and O–H groups in total. The van der Waals surface area contributed by atoms with Gasteiger partial charge in [-0.2, -0.15) is 4.98 Å². The maximum atomic E-state index is 5.48. The highest BCUT2D eigenvalue weighted by atomic mass is 127. The Morgan fingerprint density at radius 2 is 2.15 bits per heavy atom. The third kappa shape index (κ3) is 6.28. The first-order valence-corrected chi connectivity index (χ1v) is 9.85. The van der Waals surface area contributed by atoms with E-state index in [0.29, 0.717) is 30.9 Å².